The van der Waals surface area contributed by atoms with Crippen molar-refractivity contribution < 1.29 is 10.2 Å². The van der Waals surface area contributed by atoms with Gasteiger partial charge in [0.05, 0.1) is 11.7 Å². The zero-order valence-corrected chi connectivity index (χ0v) is 15.0. The molecule has 0 heterocycles. The summed E-state index contributed by atoms with van der Waals surface area (Å²) in [5.74, 6) is 0.701. The Kier molecular flexibility index (Phi) is 4.68. The minimum absolute atomic E-state index is 0.0705. The molecule has 0 saturated heterocycles. The molecule has 5 unspecified atom stereocenters. The van der Waals surface area contributed by atoms with Crippen molar-refractivity contribution in [2.75, 3.05) is 0 Å². The summed E-state index contributed by atoms with van der Waals surface area (Å²) >= 11 is 0. The van der Waals surface area contributed by atoms with Gasteiger partial charge in [-0.25, -0.2) is 0 Å². The van der Waals surface area contributed by atoms with E-state index in [0.29, 0.717) is 5.92 Å². The summed E-state index contributed by atoms with van der Waals surface area (Å²) in [7, 11) is 0. The molecule has 0 spiro atoms. The molecule has 2 aliphatic rings. The lowest BCUT2D eigenvalue weighted by atomic mass is 9.44. The first kappa shape index (κ1) is 17.7. The molecule has 0 radical (unpaired) electrons. The van der Waals surface area contributed by atoms with Crippen molar-refractivity contribution in [1.29, 1.82) is 0 Å². The molecular formula is C20H34O2. The van der Waals surface area contributed by atoms with Gasteiger partial charge < -0.3 is 10.2 Å². The Morgan fingerprint density at radius 1 is 1.18 bits per heavy atom. The molecule has 0 aromatic heterocycles. The highest BCUT2D eigenvalue weighted by Gasteiger charge is 2.59. The highest BCUT2D eigenvalue weighted by atomic mass is 16.3. The van der Waals surface area contributed by atoms with Crippen LogP contribution in [0.15, 0.2) is 24.3 Å². The molecule has 2 N–H and O–H groups in total. The van der Waals surface area contributed by atoms with E-state index in [0.717, 1.165) is 32.1 Å². The first-order chi connectivity index (χ1) is 10.1. The summed E-state index contributed by atoms with van der Waals surface area (Å²) in [6.45, 7) is 14.7. The standard InChI is InChI=1S/C20H34O2/c1-7-14(2)8-9-16-19(5)12-11-17(21)18(3,4)15(19)10-13-20(16,6)22/h7-8,15-17,21-22H,1,9-13H2,2-6H3/b14-8-. The summed E-state index contributed by atoms with van der Waals surface area (Å²) in [5, 5.41) is 21.5. The van der Waals surface area contributed by atoms with Crippen LogP contribution in [0.2, 0.25) is 0 Å². The molecule has 0 aromatic rings. The van der Waals surface area contributed by atoms with E-state index in [-0.39, 0.29) is 22.9 Å². The molecule has 2 nitrogen and oxygen atoms in total. The Morgan fingerprint density at radius 2 is 1.82 bits per heavy atom. The van der Waals surface area contributed by atoms with Gasteiger partial charge in [-0.15, -0.1) is 0 Å². The van der Waals surface area contributed by atoms with Crippen LogP contribution in [0.1, 0.15) is 66.7 Å². The smallest absolute Gasteiger partial charge is 0.0656 e. The number of hydrogen-bond acceptors (Lipinski definition) is 2. The van der Waals surface area contributed by atoms with Gasteiger partial charge in [-0.3, -0.25) is 0 Å². The van der Waals surface area contributed by atoms with Crippen molar-refractivity contribution >= 4 is 0 Å². The quantitative estimate of drug-likeness (QED) is 0.755. The number of allylic oxidation sites excluding steroid dienone is 3. The van der Waals surface area contributed by atoms with Crippen molar-refractivity contribution in [3.8, 4) is 0 Å². The van der Waals surface area contributed by atoms with Gasteiger partial charge in [-0.1, -0.05) is 45.1 Å². The fourth-order valence-electron chi connectivity index (χ4n) is 5.43. The molecule has 126 valence electrons. The Morgan fingerprint density at radius 3 is 2.41 bits per heavy atom. The summed E-state index contributed by atoms with van der Waals surface area (Å²) in [5.41, 5.74) is 0.569. The lowest BCUT2D eigenvalue weighted by Gasteiger charge is -2.62. The van der Waals surface area contributed by atoms with Crippen LogP contribution in [-0.4, -0.2) is 21.9 Å². The molecule has 2 heteroatoms. The van der Waals surface area contributed by atoms with Crippen molar-refractivity contribution in [1.82, 2.24) is 0 Å². The zero-order valence-electron chi connectivity index (χ0n) is 15.0. The molecule has 2 rings (SSSR count). The second kappa shape index (κ2) is 5.79. The van der Waals surface area contributed by atoms with E-state index in [9.17, 15) is 10.2 Å². The van der Waals surface area contributed by atoms with Crippen LogP contribution in [0.5, 0.6) is 0 Å². The van der Waals surface area contributed by atoms with E-state index in [4.69, 9.17) is 0 Å². The average Bonchev–Trinajstić information content (AvgIpc) is 2.41. The third-order valence-electron chi connectivity index (χ3n) is 6.99. The average molecular weight is 306 g/mol. The molecular weight excluding hydrogens is 272 g/mol. The van der Waals surface area contributed by atoms with Gasteiger partial charge in [-0.2, -0.15) is 0 Å². The SMILES string of the molecule is C=C/C(C)=C\CC1C(C)(O)CCC2C(C)(C)C(O)CCC12C. The first-order valence-electron chi connectivity index (χ1n) is 8.75. The van der Waals surface area contributed by atoms with Crippen LogP contribution < -0.4 is 0 Å². The number of fused-ring (bicyclic) bond motifs is 1. The molecule has 2 fully saturated rings. The van der Waals surface area contributed by atoms with E-state index in [1.54, 1.807) is 0 Å². The summed E-state index contributed by atoms with van der Waals surface area (Å²) < 4.78 is 0. The van der Waals surface area contributed by atoms with Crippen LogP contribution in [0.3, 0.4) is 0 Å². The minimum Gasteiger partial charge on any atom is -0.393 e. The largest absolute Gasteiger partial charge is 0.393 e. The van der Waals surface area contributed by atoms with E-state index in [1.165, 1.54) is 5.57 Å². The highest BCUT2D eigenvalue weighted by Crippen LogP contribution is 2.62. The molecule has 0 aliphatic heterocycles. The molecule has 2 aliphatic carbocycles. The second-order valence-corrected chi connectivity index (χ2v) is 8.77. The third-order valence-corrected chi connectivity index (χ3v) is 6.99. The van der Waals surface area contributed by atoms with Crippen molar-refractivity contribution in [2.24, 2.45) is 22.7 Å². The van der Waals surface area contributed by atoms with Crippen LogP contribution in [0, 0.1) is 22.7 Å². The topological polar surface area (TPSA) is 40.5 Å². The maximum absolute atomic E-state index is 11.0. The predicted octanol–water partition coefficient (Wildman–Crippen LogP) is 4.47. The first-order valence-corrected chi connectivity index (χ1v) is 8.75. The van der Waals surface area contributed by atoms with E-state index < -0.39 is 5.60 Å². The Bertz CT molecular complexity index is 460. The molecule has 5 atom stereocenters. The minimum atomic E-state index is -0.623. The van der Waals surface area contributed by atoms with Crippen LogP contribution >= 0.6 is 0 Å². The summed E-state index contributed by atoms with van der Waals surface area (Å²) in [4.78, 5) is 0. The number of aliphatic hydroxyl groups excluding tert-OH is 1. The van der Waals surface area contributed by atoms with E-state index in [1.807, 2.05) is 13.0 Å². The van der Waals surface area contributed by atoms with Crippen LogP contribution in [0.25, 0.3) is 0 Å². The fourth-order valence-corrected chi connectivity index (χ4v) is 5.43. The number of rotatable bonds is 3. The lowest BCUT2D eigenvalue weighted by Crippen LogP contribution is -2.60. The molecule has 0 amide bonds. The predicted molar refractivity (Wildman–Crippen MR) is 92.5 cm³/mol. The molecule has 0 aromatic carbocycles. The Balaban J connectivity index is 2.37. The maximum atomic E-state index is 11.0. The van der Waals surface area contributed by atoms with Crippen LogP contribution in [0.4, 0.5) is 0 Å². The van der Waals surface area contributed by atoms with E-state index >= 15 is 0 Å². The van der Waals surface area contributed by atoms with Gasteiger partial charge in [0.2, 0.25) is 0 Å². The van der Waals surface area contributed by atoms with Gasteiger partial charge in [-0.05, 0) is 68.6 Å². The van der Waals surface area contributed by atoms with Gasteiger partial charge in [0.15, 0.2) is 0 Å². The molecule has 2 saturated carbocycles. The highest BCUT2D eigenvalue weighted by molar-refractivity contribution is 5.16. The van der Waals surface area contributed by atoms with Crippen LogP contribution in [-0.2, 0) is 0 Å². The normalized spacial score (nSPS) is 45.2. The fraction of sp³-hybridized carbons (Fsp3) is 0.800. The van der Waals surface area contributed by atoms with Gasteiger partial charge in [0, 0.05) is 0 Å². The summed E-state index contributed by atoms with van der Waals surface area (Å²) in [6.07, 6.45) is 8.46. The van der Waals surface area contributed by atoms with Crippen molar-refractivity contribution in [2.45, 2.75) is 78.4 Å². The summed E-state index contributed by atoms with van der Waals surface area (Å²) in [6, 6.07) is 0. The monoisotopic (exact) mass is 306 g/mol. The van der Waals surface area contributed by atoms with Crippen molar-refractivity contribution in [3.63, 3.8) is 0 Å². The second-order valence-electron chi connectivity index (χ2n) is 8.77. The lowest BCUT2D eigenvalue weighted by molar-refractivity contribution is -0.193. The number of aliphatic hydroxyl groups is 2. The van der Waals surface area contributed by atoms with Gasteiger partial charge in [0.25, 0.3) is 0 Å². The molecule has 22 heavy (non-hydrogen) atoms. The Hall–Kier alpha value is -0.600. The maximum Gasteiger partial charge on any atom is 0.0656 e. The van der Waals surface area contributed by atoms with Gasteiger partial charge >= 0.3 is 0 Å². The number of hydrogen-bond donors (Lipinski definition) is 2. The molecule has 0 bridgehead atoms. The Labute approximate surface area is 136 Å². The zero-order chi connectivity index (χ0) is 16.8. The van der Waals surface area contributed by atoms with E-state index in [2.05, 4.69) is 40.3 Å². The van der Waals surface area contributed by atoms with Gasteiger partial charge in [0.1, 0.15) is 0 Å². The third kappa shape index (κ3) is 2.80. The van der Waals surface area contributed by atoms with Crippen molar-refractivity contribution in [3.05, 3.63) is 24.3 Å².